The number of hydrogen-bond donors (Lipinski definition) is 0. The van der Waals surface area contributed by atoms with Crippen LogP contribution in [-0.2, 0) is 20.1 Å². The molecule has 0 N–H and O–H groups in total. The Hall–Kier alpha value is -5.75. The van der Waals surface area contributed by atoms with Crippen LogP contribution in [0.15, 0.2) is 156 Å². The van der Waals surface area contributed by atoms with Crippen molar-refractivity contribution in [1.29, 1.82) is 0 Å². The van der Waals surface area contributed by atoms with Crippen LogP contribution in [0.4, 0.5) is 0 Å². The predicted molar refractivity (Wildman–Crippen MR) is 182 cm³/mol. The molecule has 9 aromatic rings. The van der Waals surface area contributed by atoms with Crippen LogP contribution in [0, 0.1) is 12.1 Å². The number of aromatic nitrogens is 5. The molecule has 7 heteroatoms. The second-order valence-electron chi connectivity index (χ2n) is 10.6. The van der Waals surface area contributed by atoms with Crippen molar-refractivity contribution < 1.29 is 24.5 Å². The van der Waals surface area contributed by atoms with Gasteiger partial charge in [-0.3, -0.25) is 4.98 Å². The summed E-state index contributed by atoms with van der Waals surface area (Å²) in [6, 6.07) is 50.9. The van der Waals surface area contributed by atoms with E-state index >= 15 is 0 Å². The number of para-hydroxylation sites is 1. The Morgan fingerprint density at radius 2 is 1.38 bits per heavy atom. The fourth-order valence-electron chi connectivity index (χ4n) is 5.59. The maximum Gasteiger partial charge on any atom is 0.188 e. The number of imidazole rings is 1. The van der Waals surface area contributed by atoms with Crippen molar-refractivity contribution in [3.05, 3.63) is 164 Å². The first-order valence-electron chi connectivity index (χ1n) is 14.9. The zero-order chi connectivity index (χ0) is 30.7. The van der Waals surface area contributed by atoms with Crippen molar-refractivity contribution in [3.63, 3.8) is 0 Å². The van der Waals surface area contributed by atoms with Crippen molar-refractivity contribution in [2.45, 2.75) is 0 Å². The molecule has 9 rings (SSSR count). The second-order valence-corrected chi connectivity index (χ2v) is 10.6. The maximum absolute atomic E-state index is 6.46. The standard InChI is InChI=1S/C29H17N4O.C11H8N.Ir/c1-3-8-19(9-4-1)20-14-15-22-23-12-7-13-24(26(23)34-25(22)18-20)28-32-27-29(31-17-16-30-27)33(28)21-10-5-2-6-11-21;1-2-6-10(7-3-1)11-8-4-5-9-12-11;/h1-12,14-18H;1-6,8-9H;/q2*-1;. The van der Waals surface area contributed by atoms with Gasteiger partial charge in [-0.05, 0) is 41.1 Å². The molecule has 0 aliphatic heterocycles. The largest absolute Gasteiger partial charge is 0.501 e. The summed E-state index contributed by atoms with van der Waals surface area (Å²) in [4.78, 5) is 18.1. The van der Waals surface area contributed by atoms with Crippen molar-refractivity contribution in [3.8, 4) is 39.5 Å². The van der Waals surface area contributed by atoms with E-state index in [0.29, 0.717) is 17.1 Å². The molecule has 0 saturated carbocycles. The molecule has 0 aliphatic rings. The molecule has 0 amide bonds. The van der Waals surface area contributed by atoms with Crippen LogP contribution < -0.4 is 0 Å². The number of fused-ring (bicyclic) bond motifs is 4. The van der Waals surface area contributed by atoms with Crippen LogP contribution in [-0.4, -0.2) is 24.5 Å². The zero-order valence-corrected chi connectivity index (χ0v) is 27.3. The van der Waals surface area contributed by atoms with Gasteiger partial charge >= 0.3 is 0 Å². The van der Waals surface area contributed by atoms with Gasteiger partial charge in [-0.25, -0.2) is 9.97 Å². The van der Waals surface area contributed by atoms with Crippen LogP contribution in [0.5, 0.6) is 0 Å². The maximum atomic E-state index is 6.46. The van der Waals surface area contributed by atoms with Crippen molar-refractivity contribution in [1.82, 2.24) is 24.5 Å². The molecule has 227 valence electrons. The molecule has 5 aromatic carbocycles. The fraction of sp³-hybridized carbons (Fsp3) is 0. The van der Waals surface area contributed by atoms with E-state index < -0.39 is 0 Å². The van der Waals surface area contributed by atoms with Gasteiger partial charge in [0.25, 0.3) is 0 Å². The van der Waals surface area contributed by atoms with E-state index in [1.165, 1.54) is 0 Å². The van der Waals surface area contributed by atoms with Gasteiger partial charge < -0.3 is 14.0 Å². The summed E-state index contributed by atoms with van der Waals surface area (Å²) in [5, 5.41) is 2.08. The minimum atomic E-state index is 0. The van der Waals surface area contributed by atoms with Gasteiger partial charge in [0.15, 0.2) is 11.3 Å². The number of benzene rings is 5. The third-order valence-corrected chi connectivity index (χ3v) is 7.72. The molecule has 0 bridgehead atoms. The van der Waals surface area contributed by atoms with E-state index in [1.807, 2.05) is 108 Å². The summed E-state index contributed by atoms with van der Waals surface area (Å²) in [6.45, 7) is 0. The predicted octanol–water partition coefficient (Wildman–Crippen LogP) is 9.40. The second kappa shape index (κ2) is 13.3. The number of rotatable bonds is 4. The van der Waals surface area contributed by atoms with Crippen molar-refractivity contribution in [2.24, 2.45) is 0 Å². The van der Waals surface area contributed by atoms with Crippen LogP contribution >= 0.6 is 0 Å². The van der Waals surface area contributed by atoms with E-state index in [9.17, 15) is 0 Å². The van der Waals surface area contributed by atoms with Gasteiger partial charge in [0, 0.05) is 49.8 Å². The van der Waals surface area contributed by atoms with E-state index in [1.54, 1.807) is 18.6 Å². The molecular weight excluding hydrogens is 759 g/mol. The number of hydrogen-bond acceptors (Lipinski definition) is 5. The molecule has 0 saturated heterocycles. The van der Waals surface area contributed by atoms with Crippen LogP contribution in [0.2, 0.25) is 0 Å². The molecule has 0 atom stereocenters. The average Bonchev–Trinajstić information content (AvgIpc) is 3.72. The normalized spacial score (nSPS) is 10.8. The monoisotopic (exact) mass is 784 g/mol. The van der Waals surface area contributed by atoms with Gasteiger partial charge in [-0.1, -0.05) is 83.7 Å². The zero-order valence-electron chi connectivity index (χ0n) is 24.9. The first kappa shape index (κ1) is 29.9. The summed E-state index contributed by atoms with van der Waals surface area (Å²) in [5.41, 5.74) is 8.85. The molecule has 6 nitrogen and oxygen atoms in total. The topological polar surface area (TPSA) is 69.6 Å². The quantitative estimate of drug-likeness (QED) is 0.167. The summed E-state index contributed by atoms with van der Waals surface area (Å²) in [7, 11) is 0. The Bertz CT molecular complexity index is 2370. The summed E-state index contributed by atoms with van der Waals surface area (Å²) < 4.78 is 8.47. The van der Waals surface area contributed by atoms with Gasteiger partial charge in [-0.2, -0.15) is 0 Å². The average molecular weight is 784 g/mol. The van der Waals surface area contributed by atoms with Crippen molar-refractivity contribution >= 4 is 33.2 Å². The Balaban J connectivity index is 0.000000228. The number of pyridine rings is 1. The van der Waals surface area contributed by atoms with E-state index in [2.05, 4.69) is 57.4 Å². The van der Waals surface area contributed by atoms with Gasteiger partial charge in [-0.15, -0.1) is 54.1 Å². The van der Waals surface area contributed by atoms with E-state index in [-0.39, 0.29) is 20.1 Å². The van der Waals surface area contributed by atoms with Crippen LogP contribution in [0.25, 0.3) is 72.7 Å². The molecule has 1 radical (unpaired) electrons. The molecule has 0 fully saturated rings. The number of nitrogens with zero attached hydrogens (tertiary/aromatic N) is 5. The fourth-order valence-corrected chi connectivity index (χ4v) is 5.59. The third-order valence-electron chi connectivity index (χ3n) is 7.72. The first-order valence-corrected chi connectivity index (χ1v) is 14.9. The van der Waals surface area contributed by atoms with Crippen LogP contribution in [0.3, 0.4) is 0 Å². The first-order chi connectivity index (χ1) is 22.8. The molecule has 0 unspecified atom stereocenters. The Morgan fingerprint density at radius 3 is 2.17 bits per heavy atom. The molecule has 0 spiro atoms. The van der Waals surface area contributed by atoms with Gasteiger partial charge in [0.1, 0.15) is 5.58 Å². The number of furan rings is 1. The van der Waals surface area contributed by atoms with Crippen LogP contribution in [0.1, 0.15) is 0 Å². The molecule has 4 heterocycles. The SMILES string of the molecule is [Ir].[c-]1ccc2c(oc3cc(-c4ccccc4)ccc32)c1-c1nc2nccnc2n1-c1ccccc1.[c-]1ccccc1-c1ccccn1. The summed E-state index contributed by atoms with van der Waals surface area (Å²) in [5.74, 6) is 0.695. The third kappa shape index (κ3) is 5.86. The van der Waals surface area contributed by atoms with Gasteiger partial charge in [0.2, 0.25) is 0 Å². The Labute approximate surface area is 284 Å². The minimum Gasteiger partial charge on any atom is -0.501 e. The molecule has 4 aromatic heterocycles. The Kier molecular flexibility index (Phi) is 8.48. The van der Waals surface area contributed by atoms with E-state index in [0.717, 1.165) is 55.6 Å². The van der Waals surface area contributed by atoms with Crippen molar-refractivity contribution in [2.75, 3.05) is 0 Å². The van der Waals surface area contributed by atoms with E-state index in [4.69, 9.17) is 9.40 Å². The Morgan fingerprint density at radius 1 is 0.596 bits per heavy atom. The molecule has 47 heavy (non-hydrogen) atoms. The molecule has 0 aliphatic carbocycles. The smallest absolute Gasteiger partial charge is 0.188 e. The molecular formula is C40H25IrN5O-2. The minimum absolute atomic E-state index is 0. The van der Waals surface area contributed by atoms with Gasteiger partial charge in [0.05, 0.1) is 11.4 Å². The summed E-state index contributed by atoms with van der Waals surface area (Å²) in [6.07, 6.45) is 5.13. The summed E-state index contributed by atoms with van der Waals surface area (Å²) >= 11 is 0.